The van der Waals surface area contributed by atoms with Gasteiger partial charge in [0.05, 0.1) is 9.60 Å². The highest BCUT2D eigenvalue weighted by molar-refractivity contribution is 6.23. The normalized spacial score (nSPS) is 15.8. The van der Waals surface area contributed by atoms with E-state index in [0.29, 0.717) is 5.56 Å². The highest BCUT2D eigenvalue weighted by atomic mass is 14.4. The van der Waals surface area contributed by atoms with Gasteiger partial charge in [-0.1, -0.05) is 141 Å². The van der Waals surface area contributed by atoms with Crippen molar-refractivity contribution in [1.29, 1.82) is 0 Å². The minimum Gasteiger partial charge on any atom is -0.0616 e. The molecule has 0 radical (unpaired) electrons. The fraction of sp³-hybridized carbons (Fsp3) is 0.0698. The quantitative estimate of drug-likeness (QED) is 0.187. The van der Waals surface area contributed by atoms with Gasteiger partial charge in [-0.15, -0.1) is 0 Å². The standard InChI is InChI=1S/C43H30/c1-43(2)38-21-11-20-36(42(38)37-25-29-14-5-6-15-30(29)26-39(37)43)41-34-18-9-7-16-32(34)40(33-17-8-10-19-35(33)41)31-23-22-27-12-3-4-13-28(27)24-31/h3-26H,1-2H3/i3D,4D,12D,13D,22D,23D,24D. The second-order valence-electron chi connectivity index (χ2n) is 11.9. The summed E-state index contributed by atoms with van der Waals surface area (Å²) >= 11 is 0. The summed E-state index contributed by atoms with van der Waals surface area (Å²) in [5, 5.41) is 5.71. The van der Waals surface area contributed by atoms with Gasteiger partial charge in [0, 0.05) is 5.41 Å². The summed E-state index contributed by atoms with van der Waals surface area (Å²) in [6, 6.07) is 33.2. The van der Waals surface area contributed by atoms with E-state index in [2.05, 4.69) is 80.6 Å². The highest BCUT2D eigenvalue weighted by Crippen LogP contribution is 2.55. The first-order valence-electron chi connectivity index (χ1n) is 18.1. The maximum atomic E-state index is 9.43. The molecule has 1 aliphatic carbocycles. The van der Waals surface area contributed by atoms with Gasteiger partial charge in [0.15, 0.2) is 0 Å². The fourth-order valence-corrected chi connectivity index (χ4v) is 7.28. The number of rotatable bonds is 2. The van der Waals surface area contributed by atoms with Crippen molar-refractivity contribution in [3.05, 3.63) is 157 Å². The molecule has 0 atom stereocenters. The SMILES string of the molecule is [2H]c1c([2H])c([2H])c2c([2H])c(-c3c4ccccc4c(-c4cccc5c4-c4cc6ccccc6cc4C5(C)C)c4ccccc34)c([2H])c([2H])c2c1[2H]. The van der Waals surface area contributed by atoms with Crippen LogP contribution < -0.4 is 0 Å². The minimum absolute atomic E-state index is 0.0452. The summed E-state index contributed by atoms with van der Waals surface area (Å²) in [5.74, 6) is 0. The number of benzene rings is 8. The molecule has 0 unspecified atom stereocenters. The topological polar surface area (TPSA) is 0 Å². The van der Waals surface area contributed by atoms with Crippen LogP contribution >= 0.6 is 0 Å². The third kappa shape index (κ3) is 3.44. The van der Waals surface area contributed by atoms with Gasteiger partial charge < -0.3 is 0 Å². The number of hydrogen-bond donors (Lipinski definition) is 0. The molecule has 9 rings (SSSR count). The predicted molar refractivity (Wildman–Crippen MR) is 185 cm³/mol. The van der Waals surface area contributed by atoms with Gasteiger partial charge in [-0.05, 0) is 106 Å². The maximum absolute atomic E-state index is 9.43. The third-order valence-electron chi connectivity index (χ3n) is 9.27. The first kappa shape index (κ1) is 18.4. The number of hydrogen-bond acceptors (Lipinski definition) is 0. The van der Waals surface area contributed by atoms with Crippen LogP contribution in [0.1, 0.15) is 34.6 Å². The Kier molecular flexibility index (Phi) is 3.80. The van der Waals surface area contributed by atoms with Crippen molar-refractivity contribution < 1.29 is 9.60 Å². The summed E-state index contributed by atoms with van der Waals surface area (Å²) in [5.41, 5.74) is 7.63. The molecular formula is C43H30. The van der Waals surface area contributed by atoms with Crippen molar-refractivity contribution in [3.8, 4) is 33.4 Å². The first-order valence-corrected chi connectivity index (χ1v) is 14.6. The van der Waals surface area contributed by atoms with Crippen molar-refractivity contribution >= 4 is 43.1 Å². The van der Waals surface area contributed by atoms with Crippen molar-refractivity contribution in [3.63, 3.8) is 0 Å². The van der Waals surface area contributed by atoms with Crippen LogP contribution in [0.5, 0.6) is 0 Å². The zero-order chi connectivity index (χ0) is 34.8. The molecular weight excluding hydrogens is 516 g/mol. The first-order chi connectivity index (χ1) is 24.0. The van der Waals surface area contributed by atoms with E-state index in [1.165, 1.54) is 33.0 Å². The van der Waals surface area contributed by atoms with Gasteiger partial charge in [-0.25, -0.2) is 0 Å². The van der Waals surface area contributed by atoms with Crippen LogP contribution in [-0.4, -0.2) is 0 Å². The molecule has 0 spiro atoms. The summed E-state index contributed by atoms with van der Waals surface area (Å²) in [6.45, 7) is 4.57. The Hall–Kier alpha value is -5.20. The third-order valence-corrected chi connectivity index (χ3v) is 9.27. The average Bonchev–Trinajstić information content (AvgIpc) is 3.35. The van der Waals surface area contributed by atoms with Gasteiger partial charge in [-0.2, -0.15) is 0 Å². The molecule has 202 valence electrons. The van der Waals surface area contributed by atoms with Crippen LogP contribution in [0.3, 0.4) is 0 Å². The van der Waals surface area contributed by atoms with E-state index in [4.69, 9.17) is 6.85 Å². The predicted octanol–water partition coefficient (Wildman–Crippen LogP) is 11.9. The van der Waals surface area contributed by atoms with Gasteiger partial charge in [0.25, 0.3) is 0 Å². The monoisotopic (exact) mass is 553 g/mol. The smallest absolute Gasteiger partial charge is 0.0616 e. The Bertz CT molecular complexity index is 2760. The molecule has 8 aromatic rings. The molecule has 0 N–H and O–H groups in total. The van der Waals surface area contributed by atoms with Gasteiger partial charge in [-0.3, -0.25) is 0 Å². The molecule has 0 amide bonds. The lowest BCUT2D eigenvalue weighted by Crippen LogP contribution is -2.14. The minimum atomic E-state index is -0.476. The maximum Gasteiger partial charge on any atom is 0.0636 e. The lowest BCUT2D eigenvalue weighted by atomic mass is 9.80. The molecule has 0 fully saturated rings. The average molecular weight is 554 g/mol. The summed E-state index contributed by atoms with van der Waals surface area (Å²) in [6.07, 6.45) is 0. The lowest BCUT2D eigenvalue weighted by molar-refractivity contribution is 0.661. The van der Waals surface area contributed by atoms with Crippen LogP contribution in [0.15, 0.2) is 145 Å². The lowest BCUT2D eigenvalue weighted by Gasteiger charge is -2.23. The van der Waals surface area contributed by atoms with E-state index in [9.17, 15) is 2.74 Å². The van der Waals surface area contributed by atoms with Gasteiger partial charge in [0.2, 0.25) is 0 Å². The largest absolute Gasteiger partial charge is 0.0636 e. The van der Waals surface area contributed by atoms with E-state index in [1.807, 2.05) is 36.4 Å². The van der Waals surface area contributed by atoms with Crippen molar-refractivity contribution in [2.45, 2.75) is 19.3 Å². The van der Waals surface area contributed by atoms with E-state index in [0.717, 1.165) is 32.7 Å². The Labute approximate surface area is 261 Å². The second-order valence-corrected chi connectivity index (χ2v) is 11.9. The molecule has 1 aliphatic rings. The fourth-order valence-electron chi connectivity index (χ4n) is 7.28. The molecule has 43 heavy (non-hydrogen) atoms. The Morgan fingerprint density at radius 3 is 1.77 bits per heavy atom. The van der Waals surface area contributed by atoms with E-state index >= 15 is 0 Å². The molecule has 0 aliphatic heterocycles. The number of fused-ring (bicyclic) bond motifs is 7. The molecule has 0 heteroatoms. The zero-order valence-corrected chi connectivity index (χ0v) is 23.8. The highest BCUT2D eigenvalue weighted by Gasteiger charge is 2.37. The van der Waals surface area contributed by atoms with Gasteiger partial charge >= 0.3 is 0 Å². The molecule has 8 aromatic carbocycles. The van der Waals surface area contributed by atoms with Crippen molar-refractivity contribution in [2.75, 3.05) is 0 Å². The van der Waals surface area contributed by atoms with Crippen LogP contribution in [0.25, 0.3) is 76.5 Å². The summed E-state index contributed by atoms with van der Waals surface area (Å²) in [4.78, 5) is 0. The van der Waals surface area contributed by atoms with Crippen LogP contribution in [-0.2, 0) is 5.41 Å². The van der Waals surface area contributed by atoms with E-state index in [-0.39, 0.29) is 45.9 Å². The molecule has 0 saturated carbocycles. The molecule has 0 heterocycles. The van der Waals surface area contributed by atoms with Crippen LogP contribution in [0.2, 0.25) is 0 Å². The Morgan fingerprint density at radius 1 is 0.465 bits per heavy atom. The van der Waals surface area contributed by atoms with Crippen LogP contribution in [0, 0.1) is 0 Å². The summed E-state index contributed by atoms with van der Waals surface area (Å²) in [7, 11) is 0. The molecule has 0 bridgehead atoms. The molecule has 0 saturated heterocycles. The molecule has 0 aromatic heterocycles. The van der Waals surface area contributed by atoms with Crippen molar-refractivity contribution in [1.82, 2.24) is 0 Å². The van der Waals surface area contributed by atoms with E-state index < -0.39 is 18.1 Å². The Morgan fingerprint density at radius 2 is 1.07 bits per heavy atom. The van der Waals surface area contributed by atoms with Crippen LogP contribution in [0.4, 0.5) is 0 Å². The second kappa shape index (κ2) is 8.90. The van der Waals surface area contributed by atoms with Crippen molar-refractivity contribution in [2.24, 2.45) is 0 Å². The van der Waals surface area contributed by atoms with Gasteiger partial charge in [0.1, 0.15) is 0 Å². The summed E-state index contributed by atoms with van der Waals surface area (Å²) < 4.78 is 61.5. The zero-order valence-electron chi connectivity index (χ0n) is 30.8. The van der Waals surface area contributed by atoms with E-state index in [1.54, 1.807) is 0 Å². The Balaban J connectivity index is 1.44. The molecule has 0 nitrogen and oxygen atoms in total.